The number of benzene rings is 3. The van der Waals surface area contributed by atoms with Gasteiger partial charge in [0, 0.05) is 12.0 Å². The Morgan fingerprint density at radius 1 is 0.960 bits per heavy atom. The van der Waals surface area contributed by atoms with Crippen molar-refractivity contribution in [3.63, 3.8) is 0 Å². The molecule has 1 atom stereocenters. The maximum absolute atomic E-state index is 12.7. The van der Waals surface area contributed by atoms with Crippen LogP contribution < -0.4 is 11.1 Å². The SMILES string of the molecule is Cc1ccccc1C[C@H](NC(=O)c1cccc2ccccc12)C(N)=O. The number of carbonyl (C=O) groups is 2. The van der Waals surface area contributed by atoms with E-state index in [1.54, 1.807) is 6.07 Å². The van der Waals surface area contributed by atoms with Crippen LogP contribution in [0.3, 0.4) is 0 Å². The fraction of sp³-hybridized carbons (Fsp3) is 0.143. The number of carbonyl (C=O) groups excluding carboxylic acids is 2. The Bertz CT molecular complexity index is 929. The number of nitrogens with one attached hydrogen (secondary N) is 1. The van der Waals surface area contributed by atoms with Crippen LogP contribution in [0.1, 0.15) is 21.5 Å². The molecule has 0 saturated heterocycles. The van der Waals surface area contributed by atoms with Crippen molar-refractivity contribution in [2.75, 3.05) is 0 Å². The lowest BCUT2D eigenvalue weighted by atomic mass is 9.99. The summed E-state index contributed by atoms with van der Waals surface area (Å²) in [4.78, 5) is 24.6. The number of rotatable bonds is 5. The zero-order valence-electron chi connectivity index (χ0n) is 14.0. The summed E-state index contributed by atoms with van der Waals surface area (Å²) in [6.07, 6.45) is 0.374. The molecular formula is C21H20N2O2. The highest BCUT2D eigenvalue weighted by Gasteiger charge is 2.21. The number of hydrogen-bond acceptors (Lipinski definition) is 2. The van der Waals surface area contributed by atoms with Gasteiger partial charge in [0.1, 0.15) is 6.04 Å². The number of amides is 2. The van der Waals surface area contributed by atoms with E-state index in [0.29, 0.717) is 12.0 Å². The van der Waals surface area contributed by atoms with Crippen LogP contribution in [0.25, 0.3) is 10.8 Å². The molecule has 2 amide bonds. The Hall–Kier alpha value is -3.14. The summed E-state index contributed by atoms with van der Waals surface area (Å²) >= 11 is 0. The molecule has 126 valence electrons. The predicted molar refractivity (Wildman–Crippen MR) is 99.3 cm³/mol. The van der Waals surface area contributed by atoms with E-state index in [2.05, 4.69) is 5.32 Å². The Labute approximate surface area is 146 Å². The molecule has 3 aromatic rings. The molecule has 0 saturated carbocycles. The monoisotopic (exact) mass is 332 g/mol. The first-order valence-electron chi connectivity index (χ1n) is 8.18. The smallest absolute Gasteiger partial charge is 0.252 e. The number of primary amides is 1. The third-order valence-electron chi connectivity index (χ3n) is 4.37. The molecule has 3 aromatic carbocycles. The zero-order valence-corrected chi connectivity index (χ0v) is 14.0. The van der Waals surface area contributed by atoms with E-state index in [-0.39, 0.29) is 5.91 Å². The number of fused-ring (bicyclic) bond motifs is 1. The van der Waals surface area contributed by atoms with Crippen molar-refractivity contribution in [3.8, 4) is 0 Å². The topological polar surface area (TPSA) is 72.2 Å². The number of hydrogen-bond donors (Lipinski definition) is 2. The second-order valence-corrected chi connectivity index (χ2v) is 6.09. The molecule has 0 radical (unpaired) electrons. The van der Waals surface area contributed by atoms with Crippen LogP contribution in [0, 0.1) is 6.92 Å². The van der Waals surface area contributed by atoms with Gasteiger partial charge in [-0.15, -0.1) is 0 Å². The van der Waals surface area contributed by atoms with E-state index >= 15 is 0 Å². The van der Waals surface area contributed by atoms with Gasteiger partial charge in [0.05, 0.1) is 0 Å². The average Bonchev–Trinajstić information content (AvgIpc) is 2.62. The Morgan fingerprint density at radius 2 is 1.64 bits per heavy atom. The van der Waals surface area contributed by atoms with E-state index in [9.17, 15) is 9.59 Å². The van der Waals surface area contributed by atoms with Gasteiger partial charge in [0.2, 0.25) is 5.91 Å². The van der Waals surface area contributed by atoms with E-state index in [1.807, 2.05) is 67.6 Å². The summed E-state index contributed by atoms with van der Waals surface area (Å²) in [5.41, 5.74) is 8.11. The van der Waals surface area contributed by atoms with E-state index in [0.717, 1.165) is 21.9 Å². The van der Waals surface area contributed by atoms with Crippen LogP contribution in [0.15, 0.2) is 66.7 Å². The lowest BCUT2D eigenvalue weighted by Crippen LogP contribution is -2.46. The molecule has 0 aliphatic carbocycles. The summed E-state index contributed by atoms with van der Waals surface area (Å²) in [5.74, 6) is -0.842. The third kappa shape index (κ3) is 3.69. The van der Waals surface area contributed by atoms with Crippen LogP contribution in [-0.2, 0) is 11.2 Å². The molecular weight excluding hydrogens is 312 g/mol. The van der Waals surface area contributed by atoms with Crippen LogP contribution in [0.4, 0.5) is 0 Å². The summed E-state index contributed by atoms with van der Waals surface area (Å²) in [5, 5.41) is 4.61. The van der Waals surface area contributed by atoms with Gasteiger partial charge in [-0.2, -0.15) is 0 Å². The van der Waals surface area contributed by atoms with E-state index < -0.39 is 11.9 Å². The highest BCUT2D eigenvalue weighted by molar-refractivity contribution is 6.08. The lowest BCUT2D eigenvalue weighted by molar-refractivity contribution is -0.119. The number of nitrogens with two attached hydrogens (primary N) is 1. The molecule has 0 bridgehead atoms. The fourth-order valence-electron chi connectivity index (χ4n) is 2.94. The minimum Gasteiger partial charge on any atom is -0.368 e. The van der Waals surface area contributed by atoms with Crippen LogP contribution >= 0.6 is 0 Å². The maximum Gasteiger partial charge on any atom is 0.252 e. The molecule has 0 heterocycles. The normalized spacial score (nSPS) is 11.9. The highest BCUT2D eigenvalue weighted by Crippen LogP contribution is 2.19. The quantitative estimate of drug-likeness (QED) is 0.754. The van der Waals surface area contributed by atoms with Gasteiger partial charge in [-0.25, -0.2) is 0 Å². The molecule has 0 spiro atoms. The largest absolute Gasteiger partial charge is 0.368 e. The average molecular weight is 332 g/mol. The molecule has 0 aliphatic rings. The summed E-state index contributed by atoms with van der Waals surface area (Å²) < 4.78 is 0. The molecule has 0 fully saturated rings. The fourth-order valence-corrected chi connectivity index (χ4v) is 2.94. The van der Waals surface area contributed by atoms with Crippen molar-refractivity contribution >= 4 is 22.6 Å². The van der Waals surface area contributed by atoms with Gasteiger partial charge in [-0.1, -0.05) is 60.7 Å². The van der Waals surface area contributed by atoms with Crippen molar-refractivity contribution in [1.29, 1.82) is 0 Å². The second-order valence-electron chi connectivity index (χ2n) is 6.09. The Morgan fingerprint density at radius 3 is 2.40 bits per heavy atom. The molecule has 3 N–H and O–H groups in total. The van der Waals surface area contributed by atoms with E-state index in [4.69, 9.17) is 5.73 Å². The van der Waals surface area contributed by atoms with Gasteiger partial charge >= 0.3 is 0 Å². The van der Waals surface area contributed by atoms with Crippen molar-refractivity contribution < 1.29 is 9.59 Å². The first-order valence-corrected chi connectivity index (χ1v) is 8.18. The molecule has 25 heavy (non-hydrogen) atoms. The third-order valence-corrected chi connectivity index (χ3v) is 4.37. The zero-order chi connectivity index (χ0) is 17.8. The molecule has 3 rings (SSSR count). The Kier molecular flexibility index (Phi) is 4.80. The highest BCUT2D eigenvalue weighted by atomic mass is 16.2. The van der Waals surface area contributed by atoms with Crippen LogP contribution in [0.5, 0.6) is 0 Å². The number of aryl methyl sites for hydroxylation is 1. The van der Waals surface area contributed by atoms with E-state index in [1.165, 1.54) is 0 Å². The summed E-state index contributed by atoms with van der Waals surface area (Å²) in [7, 11) is 0. The molecule has 0 aromatic heterocycles. The van der Waals surface area contributed by atoms with Gasteiger partial charge < -0.3 is 11.1 Å². The Balaban J connectivity index is 1.86. The van der Waals surface area contributed by atoms with Gasteiger partial charge in [0.25, 0.3) is 5.91 Å². The summed E-state index contributed by atoms with van der Waals surface area (Å²) in [6.45, 7) is 1.97. The van der Waals surface area contributed by atoms with Gasteiger partial charge in [-0.3, -0.25) is 9.59 Å². The van der Waals surface area contributed by atoms with Crippen LogP contribution in [0.2, 0.25) is 0 Å². The van der Waals surface area contributed by atoms with Gasteiger partial charge in [-0.05, 0) is 34.9 Å². The molecule has 4 nitrogen and oxygen atoms in total. The van der Waals surface area contributed by atoms with Crippen molar-refractivity contribution in [3.05, 3.63) is 83.4 Å². The lowest BCUT2D eigenvalue weighted by Gasteiger charge is -2.17. The van der Waals surface area contributed by atoms with Crippen molar-refractivity contribution in [2.24, 2.45) is 5.73 Å². The van der Waals surface area contributed by atoms with Gasteiger partial charge in [0.15, 0.2) is 0 Å². The van der Waals surface area contributed by atoms with Crippen molar-refractivity contribution in [1.82, 2.24) is 5.32 Å². The molecule has 0 unspecified atom stereocenters. The van der Waals surface area contributed by atoms with Crippen molar-refractivity contribution in [2.45, 2.75) is 19.4 Å². The standard InChI is InChI=1S/C21H20N2O2/c1-14-7-2-3-9-16(14)13-19(20(22)24)23-21(25)18-12-6-10-15-8-4-5-11-17(15)18/h2-12,19H,13H2,1H3,(H2,22,24)(H,23,25)/t19-/m0/s1. The maximum atomic E-state index is 12.7. The first kappa shape index (κ1) is 16.7. The minimum absolute atomic E-state index is 0.297. The minimum atomic E-state index is -0.757. The second kappa shape index (κ2) is 7.18. The first-order chi connectivity index (χ1) is 12.1. The predicted octanol–water partition coefficient (Wildman–Crippen LogP) is 2.97. The summed E-state index contributed by atoms with van der Waals surface area (Å²) in [6, 6.07) is 20.2. The molecule has 4 heteroatoms. The molecule has 0 aliphatic heterocycles. The van der Waals surface area contributed by atoms with Crippen LogP contribution in [-0.4, -0.2) is 17.9 Å².